The van der Waals surface area contributed by atoms with Crippen molar-refractivity contribution in [1.82, 2.24) is 5.32 Å². The van der Waals surface area contributed by atoms with Crippen LogP contribution >= 0.6 is 11.8 Å². The summed E-state index contributed by atoms with van der Waals surface area (Å²) in [6.45, 7) is 5.31. The summed E-state index contributed by atoms with van der Waals surface area (Å²) in [4.78, 5) is 1.43. The molecule has 2 unspecified atom stereocenters. The molecular weight excluding hydrogens is 226 g/mol. The fraction of sp³-hybridized carbons (Fsp3) is 0.467. The van der Waals surface area contributed by atoms with E-state index < -0.39 is 0 Å². The number of rotatable bonds is 4. The minimum absolute atomic E-state index is 0.194. The molecule has 0 radical (unpaired) electrons. The van der Waals surface area contributed by atoms with Crippen molar-refractivity contribution in [1.29, 1.82) is 0 Å². The normalized spacial score (nSPS) is 20.0. The maximum atomic E-state index is 5.52. The van der Waals surface area contributed by atoms with E-state index >= 15 is 0 Å². The Hall–Kier alpha value is -0.910. The molecule has 0 bridgehead atoms. The fourth-order valence-corrected chi connectivity index (χ4v) is 3.37. The third kappa shape index (κ3) is 3.06. The summed E-state index contributed by atoms with van der Waals surface area (Å²) in [6.07, 6.45) is 6.68. The number of benzene rings is 1. The molecule has 0 aromatic heterocycles. The van der Waals surface area contributed by atoms with Crippen molar-refractivity contribution in [3.05, 3.63) is 29.8 Å². The lowest BCUT2D eigenvalue weighted by molar-refractivity contribution is 0.476. The molecule has 0 saturated carbocycles. The Labute approximate surface area is 108 Å². The minimum Gasteiger partial charge on any atom is -0.302 e. The Balaban J connectivity index is 1.86. The topological polar surface area (TPSA) is 12.0 Å². The van der Waals surface area contributed by atoms with E-state index in [1.165, 1.54) is 10.5 Å². The van der Waals surface area contributed by atoms with Crippen LogP contribution in [0.5, 0.6) is 0 Å². The molecule has 1 aliphatic rings. The first-order valence-electron chi connectivity index (χ1n) is 6.14. The Morgan fingerprint density at radius 3 is 2.88 bits per heavy atom. The van der Waals surface area contributed by atoms with Crippen LogP contribution in [0.1, 0.15) is 19.4 Å². The average molecular weight is 245 g/mol. The van der Waals surface area contributed by atoms with Crippen molar-refractivity contribution in [2.24, 2.45) is 5.92 Å². The number of nitrogens with one attached hydrogen (secondary N) is 1. The summed E-state index contributed by atoms with van der Waals surface area (Å²) in [5.41, 5.74) is 1.48. The Kier molecular flexibility index (Phi) is 4.15. The minimum atomic E-state index is 0.194. The highest BCUT2D eigenvalue weighted by Crippen LogP contribution is 2.36. The smallest absolute Gasteiger partial charge is 0.0710 e. The van der Waals surface area contributed by atoms with Gasteiger partial charge in [0, 0.05) is 16.7 Å². The van der Waals surface area contributed by atoms with Crippen molar-refractivity contribution >= 4 is 11.8 Å². The molecule has 0 amide bonds. The predicted molar refractivity (Wildman–Crippen MR) is 75.3 cm³/mol. The predicted octanol–water partition coefficient (Wildman–Crippen LogP) is 2.95. The first-order chi connectivity index (χ1) is 8.20. The van der Waals surface area contributed by atoms with Crippen molar-refractivity contribution in [2.75, 3.05) is 6.54 Å². The lowest BCUT2D eigenvalue weighted by Crippen LogP contribution is -2.36. The molecule has 1 N–H and O–H groups in total. The molecule has 0 fully saturated rings. The maximum Gasteiger partial charge on any atom is 0.0710 e. The largest absolute Gasteiger partial charge is 0.302 e. The standard InChI is InChI=1S/C15H19NS/c1-4-14(11(2)3)16-10-13-9-12-7-5-6-8-15(12)17-13/h1,5-8,11,13-14,16H,9-10H2,2-3H3. The van der Waals surface area contributed by atoms with E-state index in [4.69, 9.17) is 6.42 Å². The van der Waals surface area contributed by atoms with Crippen LogP contribution in [0.2, 0.25) is 0 Å². The first-order valence-corrected chi connectivity index (χ1v) is 7.02. The molecule has 90 valence electrons. The van der Waals surface area contributed by atoms with Crippen LogP contribution in [0.15, 0.2) is 29.2 Å². The van der Waals surface area contributed by atoms with E-state index in [9.17, 15) is 0 Å². The molecule has 2 rings (SSSR count). The Bertz CT molecular complexity index is 394. The highest BCUT2D eigenvalue weighted by molar-refractivity contribution is 8.00. The van der Waals surface area contributed by atoms with E-state index in [2.05, 4.69) is 49.4 Å². The highest BCUT2D eigenvalue weighted by atomic mass is 32.2. The van der Waals surface area contributed by atoms with Crippen LogP contribution in [0.3, 0.4) is 0 Å². The van der Waals surface area contributed by atoms with Crippen LogP contribution in [-0.2, 0) is 6.42 Å². The van der Waals surface area contributed by atoms with E-state index in [0.29, 0.717) is 11.2 Å². The van der Waals surface area contributed by atoms with Gasteiger partial charge in [-0.1, -0.05) is 38.0 Å². The van der Waals surface area contributed by atoms with Gasteiger partial charge in [-0.05, 0) is 24.0 Å². The zero-order valence-corrected chi connectivity index (χ0v) is 11.3. The molecular formula is C15H19NS. The summed E-state index contributed by atoms with van der Waals surface area (Å²) in [7, 11) is 0. The molecule has 17 heavy (non-hydrogen) atoms. The molecule has 2 atom stereocenters. The van der Waals surface area contributed by atoms with Crippen LogP contribution in [0.25, 0.3) is 0 Å². The van der Waals surface area contributed by atoms with Gasteiger partial charge in [0.15, 0.2) is 0 Å². The second-order valence-corrected chi connectivity index (χ2v) is 6.19. The zero-order chi connectivity index (χ0) is 12.3. The summed E-state index contributed by atoms with van der Waals surface area (Å²) in [5, 5.41) is 4.12. The summed E-state index contributed by atoms with van der Waals surface area (Å²) < 4.78 is 0. The second-order valence-electron chi connectivity index (χ2n) is 4.85. The van der Waals surface area contributed by atoms with Crippen LogP contribution in [0.4, 0.5) is 0 Å². The monoisotopic (exact) mass is 245 g/mol. The lowest BCUT2D eigenvalue weighted by Gasteiger charge is -2.18. The fourth-order valence-electron chi connectivity index (χ4n) is 2.11. The summed E-state index contributed by atoms with van der Waals surface area (Å²) in [6, 6.07) is 8.86. The average Bonchev–Trinajstić information content (AvgIpc) is 2.71. The summed E-state index contributed by atoms with van der Waals surface area (Å²) >= 11 is 1.97. The number of hydrogen-bond acceptors (Lipinski definition) is 2. The molecule has 2 heteroatoms. The van der Waals surface area contributed by atoms with Crippen molar-refractivity contribution in [2.45, 2.75) is 36.5 Å². The first kappa shape index (κ1) is 12.5. The van der Waals surface area contributed by atoms with Gasteiger partial charge in [-0.15, -0.1) is 18.2 Å². The van der Waals surface area contributed by atoms with Gasteiger partial charge in [0.2, 0.25) is 0 Å². The molecule has 1 aromatic rings. The van der Waals surface area contributed by atoms with E-state index in [1.807, 2.05) is 11.8 Å². The van der Waals surface area contributed by atoms with Gasteiger partial charge in [0.05, 0.1) is 6.04 Å². The number of thioether (sulfide) groups is 1. The zero-order valence-electron chi connectivity index (χ0n) is 10.4. The maximum absolute atomic E-state index is 5.52. The third-order valence-corrected chi connectivity index (χ3v) is 4.44. The van der Waals surface area contributed by atoms with Gasteiger partial charge in [-0.25, -0.2) is 0 Å². The van der Waals surface area contributed by atoms with Crippen LogP contribution < -0.4 is 5.32 Å². The SMILES string of the molecule is C#CC(NCC1Cc2ccccc2S1)C(C)C. The number of terminal acetylenes is 1. The summed E-state index contributed by atoms with van der Waals surface area (Å²) in [5.74, 6) is 3.32. The molecule has 1 heterocycles. The van der Waals surface area contributed by atoms with Gasteiger partial charge >= 0.3 is 0 Å². The molecule has 1 aliphatic heterocycles. The van der Waals surface area contributed by atoms with Crippen molar-refractivity contribution in [3.8, 4) is 12.3 Å². The van der Waals surface area contributed by atoms with Crippen LogP contribution in [0, 0.1) is 18.3 Å². The van der Waals surface area contributed by atoms with Crippen molar-refractivity contribution in [3.63, 3.8) is 0 Å². The second kappa shape index (κ2) is 5.62. The van der Waals surface area contributed by atoms with Crippen LogP contribution in [-0.4, -0.2) is 17.8 Å². The number of hydrogen-bond donors (Lipinski definition) is 1. The highest BCUT2D eigenvalue weighted by Gasteiger charge is 2.22. The third-order valence-electron chi connectivity index (χ3n) is 3.13. The van der Waals surface area contributed by atoms with Gasteiger partial charge in [-0.3, -0.25) is 0 Å². The molecule has 0 spiro atoms. The van der Waals surface area contributed by atoms with E-state index in [-0.39, 0.29) is 6.04 Å². The molecule has 0 saturated heterocycles. The quantitative estimate of drug-likeness (QED) is 0.819. The van der Waals surface area contributed by atoms with Crippen molar-refractivity contribution < 1.29 is 0 Å². The Morgan fingerprint density at radius 2 is 2.24 bits per heavy atom. The molecule has 1 aromatic carbocycles. The van der Waals surface area contributed by atoms with Gasteiger partial charge in [0.25, 0.3) is 0 Å². The Morgan fingerprint density at radius 1 is 1.47 bits per heavy atom. The van der Waals surface area contributed by atoms with Gasteiger partial charge in [-0.2, -0.15) is 0 Å². The van der Waals surface area contributed by atoms with E-state index in [1.54, 1.807) is 0 Å². The van der Waals surface area contributed by atoms with Gasteiger partial charge in [0.1, 0.15) is 0 Å². The lowest BCUT2D eigenvalue weighted by atomic mass is 10.0. The number of fused-ring (bicyclic) bond motifs is 1. The molecule has 1 nitrogen and oxygen atoms in total. The molecule has 0 aliphatic carbocycles. The van der Waals surface area contributed by atoms with E-state index in [0.717, 1.165) is 13.0 Å². The van der Waals surface area contributed by atoms with Gasteiger partial charge < -0.3 is 5.32 Å².